The molecule has 0 rings (SSSR count). The molecule has 0 amide bonds. The first-order valence-electron chi connectivity index (χ1n) is 1.08. The highest BCUT2D eigenvalue weighted by atomic mass is 35.5. The Bertz CT molecular complexity index is 61.6. The van der Waals surface area contributed by atoms with Crippen LogP contribution in [-0.2, 0) is 0 Å². The van der Waals surface area contributed by atoms with E-state index in [4.69, 9.17) is 10.2 Å². The topological polar surface area (TPSA) is 40.5 Å². The molecule has 0 aromatic heterocycles. The van der Waals surface area contributed by atoms with Crippen LogP contribution in [0.2, 0.25) is 0 Å². The summed E-state index contributed by atoms with van der Waals surface area (Å²) < 4.78 is 11.0. The number of halogens is 2. The molecule has 36 valence electrons. The number of hydrogen-bond donors (Lipinski definition) is 2. The largest absolute Gasteiger partial charge is 0.478 e. The highest BCUT2D eigenvalue weighted by molar-refractivity contribution is 6.28. The molecule has 0 fully saturated rings. The van der Waals surface area contributed by atoms with Gasteiger partial charge in [-0.1, -0.05) is 0 Å². The summed E-state index contributed by atoms with van der Waals surface area (Å²) in [6.07, 6.45) is 0. The van der Waals surface area contributed by atoms with Gasteiger partial charge in [-0.05, 0) is 11.6 Å². The van der Waals surface area contributed by atoms with Gasteiger partial charge in [0, 0.05) is 0 Å². The average Bonchev–Trinajstić information content (AvgIpc) is 1.36. The number of aliphatic hydroxyl groups is 2. The third-order valence-corrected chi connectivity index (χ3v) is 0.338. The van der Waals surface area contributed by atoms with Gasteiger partial charge in [-0.3, -0.25) is 0 Å². The van der Waals surface area contributed by atoms with E-state index < -0.39 is 11.2 Å². The maximum absolute atomic E-state index is 11.0. The molecular weight excluding hydrogens is 110 g/mol. The summed E-state index contributed by atoms with van der Waals surface area (Å²) in [7, 11) is 0. The van der Waals surface area contributed by atoms with E-state index in [0.717, 1.165) is 0 Å². The van der Waals surface area contributed by atoms with Gasteiger partial charge in [0.2, 0.25) is 0 Å². The smallest absolute Gasteiger partial charge is 0.324 e. The van der Waals surface area contributed by atoms with Gasteiger partial charge >= 0.3 is 5.95 Å². The predicted molar refractivity (Wildman–Crippen MR) is 19.2 cm³/mol. The molecule has 0 unspecified atom stereocenters. The second kappa shape index (κ2) is 1.87. The van der Waals surface area contributed by atoms with Crippen LogP contribution in [0.15, 0.2) is 11.2 Å². The molecule has 0 aliphatic rings. The fourth-order valence-electron chi connectivity index (χ4n) is 0. The normalized spacial score (nSPS) is 7.67. The SMILES string of the molecule is OC(O)=C(F)Cl. The highest BCUT2D eigenvalue weighted by Crippen LogP contribution is 2.03. The molecular formula is C2H2ClFO2. The maximum atomic E-state index is 11.0. The highest BCUT2D eigenvalue weighted by Gasteiger charge is 1.92. The lowest BCUT2D eigenvalue weighted by Gasteiger charge is -1.79. The lowest BCUT2D eigenvalue weighted by atomic mass is 11.0. The van der Waals surface area contributed by atoms with Crippen molar-refractivity contribution in [2.75, 3.05) is 0 Å². The molecule has 0 radical (unpaired) electrons. The van der Waals surface area contributed by atoms with Gasteiger partial charge in [-0.25, -0.2) is 0 Å². The van der Waals surface area contributed by atoms with Crippen LogP contribution >= 0.6 is 11.6 Å². The molecule has 0 aliphatic carbocycles. The quantitative estimate of drug-likeness (QED) is 0.466. The van der Waals surface area contributed by atoms with Gasteiger partial charge in [0.25, 0.3) is 5.29 Å². The summed E-state index contributed by atoms with van der Waals surface area (Å²) in [4.78, 5) is 0. The molecule has 0 bridgehead atoms. The molecule has 0 atom stereocenters. The Labute approximate surface area is 38.5 Å². The van der Waals surface area contributed by atoms with E-state index in [-0.39, 0.29) is 0 Å². The fraction of sp³-hybridized carbons (Fsp3) is 0. The van der Waals surface area contributed by atoms with Crippen molar-refractivity contribution in [2.24, 2.45) is 0 Å². The molecule has 4 heteroatoms. The third kappa shape index (κ3) is 1.84. The van der Waals surface area contributed by atoms with Gasteiger partial charge in [-0.15, -0.1) is 0 Å². The minimum absolute atomic E-state index is 1.48. The van der Waals surface area contributed by atoms with Crippen molar-refractivity contribution >= 4 is 11.6 Å². The molecule has 2 nitrogen and oxygen atoms in total. The van der Waals surface area contributed by atoms with E-state index in [1.54, 1.807) is 0 Å². The second-order valence-electron chi connectivity index (χ2n) is 0.584. The molecule has 0 aromatic rings. The van der Waals surface area contributed by atoms with Crippen molar-refractivity contribution in [3.8, 4) is 0 Å². The summed E-state index contributed by atoms with van der Waals surface area (Å²) in [6, 6.07) is 0. The van der Waals surface area contributed by atoms with E-state index in [2.05, 4.69) is 11.6 Å². The van der Waals surface area contributed by atoms with Gasteiger partial charge in [0.15, 0.2) is 0 Å². The summed E-state index contributed by atoms with van der Waals surface area (Å²) in [6.45, 7) is 0. The van der Waals surface area contributed by atoms with E-state index >= 15 is 0 Å². The summed E-state index contributed by atoms with van der Waals surface area (Å²) >= 11 is 4.33. The molecule has 2 N–H and O–H groups in total. The minimum Gasteiger partial charge on any atom is -0.478 e. The van der Waals surface area contributed by atoms with Crippen molar-refractivity contribution in [3.63, 3.8) is 0 Å². The van der Waals surface area contributed by atoms with Crippen LogP contribution in [-0.4, -0.2) is 10.2 Å². The van der Waals surface area contributed by atoms with Crippen LogP contribution in [0.3, 0.4) is 0 Å². The van der Waals surface area contributed by atoms with Crippen LogP contribution in [0.25, 0.3) is 0 Å². The fourth-order valence-corrected chi connectivity index (χ4v) is 0. The first kappa shape index (κ1) is 5.56. The Morgan fingerprint density at radius 2 is 1.67 bits per heavy atom. The van der Waals surface area contributed by atoms with Crippen molar-refractivity contribution in [2.45, 2.75) is 0 Å². The van der Waals surface area contributed by atoms with Crippen LogP contribution in [0.1, 0.15) is 0 Å². The Morgan fingerprint density at radius 3 is 1.67 bits per heavy atom. The third-order valence-electron chi connectivity index (χ3n) is 0.169. The molecule has 0 aliphatic heterocycles. The molecule has 0 saturated carbocycles. The zero-order valence-corrected chi connectivity index (χ0v) is 3.41. The second-order valence-corrected chi connectivity index (χ2v) is 0.916. The Morgan fingerprint density at radius 1 is 1.50 bits per heavy atom. The predicted octanol–water partition coefficient (Wildman–Crippen LogP) is 1.44. The maximum Gasteiger partial charge on any atom is 0.324 e. The lowest BCUT2D eigenvalue weighted by Crippen LogP contribution is -1.73. The zero-order valence-electron chi connectivity index (χ0n) is 2.65. The summed E-state index contributed by atoms with van der Waals surface area (Å²) in [5.41, 5.74) is 0. The van der Waals surface area contributed by atoms with E-state index in [9.17, 15) is 4.39 Å². The number of aliphatic hydroxyl groups excluding tert-OH is 1. The number of rotatable bonds is 0. The van der Waals surface area contributed by atoms with Crippen LogP contribution < -0.4 is 0 Å². The molecule has 6 heavy (non-hydrogen) atoms. The van der Waals surface area contributed by atoms with Gasteiger partial charge < -0.3 is 10.2 Å². The van der Waals surface area contributed by atoms with Gasteiger partial charge in [-0.2, -0.15) is 4.39 Å². The van der Waals surface area contributed by atoms with Crippen molar-refractivity contribution in [3.05, 3.63) is 11.2 Å². The van der Waals surface area contributed by atoms with Crippen molar-refractivity contribution < 1.29 is 14.6 Å². The average molecular weight is 112 g/mol. The Hall–Kier alpha value is -0.440. The van der Waals surface area contributed by atoms with Crippen molar-refractivity contribution in [1.29, 1.82) is 0 Å². The monoisotopic (exact) mass is 112 g/mol. The molecule has 0 heterocycles. The van der Waals surface area contributed by atoms with E-state index in [1.807, 2.05) is 0 Å². The summed E-state index contributed by atoms with van der Waals surface area (Å²) in [5.74, 6) is -1.48. The standard InChI is InChI=1S/C2H2ClFO2/c3-1(4)2(5)6/h5-6H. The van der Waals surface area contributed by atoms with Crippen molar-refractivity contribution in [1.82, 2.24) is 0 Å². The van der Waals surface area contributed by atoms with E-state index in [0.29, 0.717) is 0 Å². The first-order chi connectivity index (χ1) is 2.64. The van der Waals surface area contributed by atoms with Gasteiger partial charge in [0.1, 0.15) is 0 Å². The Kier molecular flexibility index (Phi) is 1.73. The van der Waals surface area contributed by atoms with E-state index in [1.165, 1.54) is 0 Å². The lowest BCUT2D eigenvalue weighted by molar-refractivity contribution is 0.179. The van der Waals surface area contributed by atoms with Crippen LogP contribution in [0, 0.1) is 0 Å². The Balaban J connectivity index is 3.68. The molecule has 0 spiro atoms. The zero-order chi connectivity index (χ0) is 5.15. The minimum atomic E-state index is -1.49. The van der Waals surface area contributed by atoms with Crippen LogP contribution in [0.5, 0.6) is 0 Å². The number of hydrogen-bond acceptors (Lipinski definition) is 2. The first-order valence-corrected chi connectivity index (χ1v) is 1.45. The molecule has 0 saturated heterocycles. The molecule has 0 aromatic carbocycles. The van der Waals surface area contributed by atoms with Gasteiger partial charge in [0.05, 0.1) is 0 Å². The van der Waals surface area contributed by atoms with Crippen LogP contribution in [0.4, 0.5) is 4.39 Å². The summed E-state index contributed by atoms with van der Waals surface area (Å²) in [5, 5.41) is 13.6.